The minimum atomic E-state index is -0.0271. The lowest BCUT2D eigenvalue weighted by Crippen LogP contribution is -2.27. The van der Waals surface area contributed by atoms with Crippen molar-refractivity contribution >= 4 is 16.7 Å². The van der Waals surface area contributed by atoms with Crippen molar-refractivity contribution in [2.24, 2.45) is 18.9 Å². The summed E-state index contributed by atoms with van der Waals surface area (Å²) >= 11 is 0. The van der Waals surface area contributed by atoms with Crippen LogP contribution in [-0.4, -0.2) is 24.5 Å². The molecule has 0 amide bonds. The lowest BCUT2D eigenvalue weighted by molar-refractivity contribution is 0.386. The van der Waals surface area contributed by atoms with Gasteiger partial charge in [-0.2, -0.15) is 10.2 Å². The minimum absolute atomic E-state index is 0.0227. The maximum absolute atomic E-state index is 13.3. The lowest BCUT2D eigenvalue weighted by atomic mass is 9.91. The maximum Gasteiger partial charge on any atom is 0.264 e. The zero-order valence-corrected chi connectivity index (χ0v) is 17.0. The second-order valence-corrected chi connectivity index (χ2v) is 9.57. The Morgan fingerprint density at radius 3 is 2.39 bits per heavy atom. The van der Waals surface area contributed by atoms with Gasteiger partial charge in [0.15, 0.2) is 5.82 Å². The van der Waals surface area contributed by atoms with Crippen molar-refractivity contribution in [2.75, 3.05) is 5.73 Å². The van der Waals surface area contributed by atoms with Gasteiger partial charge in [0, 0.05) is 36.0 Å². The molecule has 3 heterocycles. The Morgan fingerprint density at radius 1 is 1.21 bits per heavy atom. The third kappa shape index (κ3) is 2.67. The summed E-state index contributed by atoms with van der Waals surface area (Å²) in [4.78, 5) is 13.3. The summed E-state index contributed by atoms with van der Waals surface area (Å²) < 4.78 is 3.87. The molecule has 0 unspecified atom stereocenters. The number of hydrogen-bond donors (Lipinski definition) is 2. The third-order valence-electron chi connectivity index (χ3n) is 6.24. The van der Waals surface area contributed by atoms with Crippen molar-refractivity contribution < 1.29 is 0 Å². The molecule has 2 aliphatic rings. The van der Waals surface area contributed by atoms with Crippen molar-refractivity contribution in [3.63, 3.8) is 0 Å². The first-order chi connectivity index (χ1) is 13.3. The Kier molecular flexibility index (Phi) is 3.58. The number of nitrogens with two attached hydrogens (primary N) is 1. The zero-order chi connectivity index (χ0) is 19.8. The van der Waals surface area contributed by atoms with E-state index in [0.717, 1.165) is 17.0 Å². The Morgan fingerprint density at radius 2 is 1.86 bits per heavy atom. The fraction of sp³-hybridized carbons (Fsp3) is 0.571. The molecule has 148 valence electrons. The van der Waals surface area contributed by atoms with E-state index in [1.807, 2.05) is 22.5 Å². The molecule has 0 spiro atoms. The average Bonchev–Trinajstić information content (AvgIpc) is 3.54. The van der Waals surface area contributed by atoms with E-state index in [1.54, 1.807) is 0 Å². The van der Waals surface area contributed by atoms with E-state index < -0.39 is 0 Å². The smallest absolute Gasteiger partial charge is 0.264 e. The van der Waals surface area contributed by atoms with Crippen molar-refractivity contribution in [2.45, 2.75) is 57.9 Å². The number of hydrogen-bond acceptors (Lipinski definition) is 4. The summed E-state index contributed by atoms with van der Waals surface area (Å²) in [5, 5.41) is 12.4. The molecular weight excluding hydrogens is 352 g/mol. The van der Waals surface area contributed by atoms with E-state index in [-0.39, 0.29) is 22.8 Å². The molecule has 2 aliphatic carbocycles. The van der Waals surface area contributed by atoms with Gasteiger partial charge in [0.2, 0.25) is 0 Å². The van der Waals surface area contributed by atoms with Crippen LogP contribution < -0.4 is 11.3 Å². The van der Waals surface area contributed by atoms with Crippen molar-refractivity contribution in [3.8, 4) is 11.3 Å². The van der Waals surface area contributed by atoms with Crippen molar-refractivity contribution in [1.29, 1.82) is 0 Å². The van der Waals surface area contributed by atoms with E-state index in [9.17, 15) is 4.79 Å². The van der Waals surface area contributed by atoms with Gasteiger partial charge in [-0.1, -0.05) is 20.8 Å². The molecule has 3 aromatic heterocycles. The first-order valence-corrected chi connectivity index (χ1v) is 10.2. The number of nitrogens with zero attached hydrogens (tertiary/aromatic N) is 4. The standard InChI is InChI=1S/C21H28N6O/c1-21(2,3)15-9-14(25-26(15)4)13-10-27(18(11-5-6-11)12-7-8-12)20(28)16-17(13)23-24-19(16)22/h9-12,18H,5-8H2,1-4H3,(H3,22,23,24). The number of rotatable bonds is 4. The first kappa shape index (κ1) is 17.5. The number of aromatic amines is 1. The molecule has 3 N–H and O–H groups in total. The van der Waals surface area contributed by atoms with E-state index >= 15 is 0 Å². The van der Waals surface area contributed by atoms with E-state index in [1.165, 1.54) is 25.7 Å². The van der Waals surface area contributed by atoms with Gasteiger partial charge < -0.3 is 10.3 Å². The summed E-state index contributed by atoms with van der Waals surface area (Å²) in [6.07, 6.45) is 6.83. The van der Waals surface area contributed by atoms with Gasteiger partial charge in [0.1, 0.15) is 5.39 Å². The summed E-state index contributed by atoms with van der Waals surface area (Å²) in [5.41, 5.74) is 9.62. The number of nitrogens with one attached hydrogen (secondary N) is 1. The van der Waals surface area contributed by atoms with Gasteiger partial charge in [-0.25, -0.2) is 0 Å². The summed E-state index contributed by atoms with van der Waals surface area (Å²) in [6, 6.07) is 2.39. The number of anilines is 1. The van der Waals surface area contributed by atoms with Crippen molar-refractivity contribution in [3.05, 3.63) is 28.3 Å². The zero-order valence-electron chi connectivity index (χ0n) is 17.0. The second kappa shape index (κ2) is 5.72. The van der Waals surface area contributed by atoms with Gasteiger partial charge in [-0.15, -0.1) is 0 Å². The molecule has 3 aromatic rings. The molecule has 7 nitrogen and oxygen atoms in total. The van der Waals surface area contributed by atoms with Gasteiger partial charge in [0.05, 0.1) is 11.2 Å². The molecule has 0 aromatic carbocycles. The predicted octanol–water partition coefficient (Wildman–Crippen LogP) is 3.37. The van der Waals surface area contributed by atoms with Gasteiger partial charge in [-0.05, 0) is 43.6 Å². The number of aryl methyl sites for hydroxylation is 1. The fourth-order valence-corrected chi connectivity index (χ4v) is 4.59. The highest BCUT2D eigenvalue weighted by molar-refractivity contribution is 5.97. The molecule has 5 rings (SSSR count). The topological polar surface area (TPSA) is 94.5 Å². The lowest BCUT2D eigenvalue weighted by Gasteiger charge is -2.20. The van der Waals surface area contributed by atoms with Crippen LogP contribution >= 0.6 is 0 Å². The van der Waals surface area contributed by atoms with Crippen LogP contribution in [0.15, 0.2) is 17.1 Å². The maximum atomic E-state index is 13.3. The highest BCUT2D eigenvalue weighted by Crippen LogP contribution is 2.52. The minimum Gasteiger partial charge on any atom is -0.382 e. The van der Waals surface area contributed by atoms with Crippen LogP contribution in [0.2, 0.25) is 0 Å². The summed E-state index contributed by atoms with van der Waals surface area (Å²) in [5.74, 6) is 1.49. The van der Waals surface area contributed by atoms with Crippen LogP contribution in [-0.2, 0) is 12.5 Å². The molecule has 0 saturated heterocycles. The molecule has 0 bridgehead atoms. The normalized spacial score (nSPS) is 17.8. The Bertz CT molecular complexity index is 1110. The number of aromatic nitrogens is 5. The SMILES string of the molecule is Cn1nc(-c2cn(C(C3CC3)C3CC3)c(=O)c3c(N)n[nH]c23)cc1C(C)(C)C. The third-order valence-corrected chi connectivity index (χ3v) is 6.24. The molecule has 0 aliphatic heterocycles. The average molecular weight is 380 g/mol. The van der Waals surface area contributed by atoms with Crippen LogP contribution in [0.1, 0.15) is 58.2 Å². The number of pyridine rings is 1. The molecule has 28 heavy (non-hydrogen) atoms. The molecule has 0 atom stereocenters. The first-order valence-electron chi connectivity index (χ1n) is 10.2. The highest BCUT2D eigenvalue weighted by Gasteiger charge is 2.43. The number of fused-ring (bicyclic) bond motifs is 1. The molecular formula is C21H28N6O. The largest absolute Gasteiger partial charge is 0.382 e. The van der Waals surface area contributed by atoms with Gasteiger partial charge >= 0.3 is 0 Å². The molecule has 2 fully saturated rings. The summed E-state index contributed by atoms with van der Waals surface area (Å²) in [7, 11) is 1.97. The number of H-pyrrole nitrogens is 1. The fourth-order valence-electron chi connectivity index (χ4n) is 4.59. The van der Waals surface area contributed by atoms with Crippen LogP contribution in [0, 0.1) is 11.8 Å². The molecule has 2 saturated carbocycles. The second-order valence-electron chi connectivity index (χ2n) is 9.57. The van der Waals surface area contributed by atoms with Crippen molar-refractivity contribution in [1.82, 2.24) is 24.5 Å². The Labute approximate surface area is 163 Å². The molecule has 0 radical (unpaired) electrons. The van der Waals surface area contributed by atoms with Gasteiger partial charge in [0.25, 0.3) is 5.56 Å². The Hall–Kier alpha value is -2.57. The van der Waals surface area contributed by atoms with Crippen LogP contribution in [0.4, 0.5) is 5.82 Å². The van der Waals surface area contributed by atoms with Gasteiger partial charge in [-0.3, -0.25) is 14.6 Å². The van der Waals surface area contributed by atoms with Crippen LogP contribution in [0.25, 0.3) is 22.2 Å². The molecule has 7 heteroatoms. The quantitative estimate of drug-likeness (QED) is 0.725. The van der Waals surface area contributed by atoms with E-state index in [4.69, 9.17) is 10.8 Å². The number of nitrogen functional groups attached to an aromatic ring is 1. The predicted molar refractivity (Wildman–Crippen MR) is 110 cm³/mol. The van der Waals surface area contributed by atoms with Crippen LogP contribution in [0.3, 0.4) is 0 Å². The monoisotopic (exact) mass is 380 g/mol. The Balaban J connectivity index is 1.75. The van der Waals surface area contributed by atoms with E-state index in [2.05, 4.69) is 37.0 Å². The van der Waals surface area contributed by atoms with Crippen LogP contribution in [0.5, 0.6) is 0 Å². The highest BCUT2D eigenvalue weighted by atomic mass is 16.1. The van der Waals surface area contributed by atoms with E-state index in [0.29, 0.717) is 22.7 Å². The summed E-state index contributed by atoms with van der Waals surface area (Å²) in [6.45, 7) is 6.53.